The maximum atomic E-state index is 13.5. The minimum atomic E-state index is -0.978. The zero-order chi connectivity index (χ0) is 35.0. The van der Waals surface area contributed by atoms with Gasteiger partial charge in [0.25, 0.3) is 0 Å². The van der Waals surface area contributed by atoms with Gasteiger partial charge in [0.15, 0.2) is 0 Å². The highest BCUT2D eigenvalue weighted by Gasteiger charge is 2.31. The Bertz CT molecular complexity index is 1480. The van der Waals surface area contributed by atoms with Crippen molar-refractivity contribution in [3.63, 3.8) is 0 Å². The van der Waals surface area contributed by atoms with Crippen molar-refractivity contribution in [2.24, 2.45) is 11.7 Å². The van der Waals surface area contributed by atoms with E-state index in [2.05, 4.69) is 26.6 Å². The molecular formula is C34H45N7O8. The molecule has 2 bridgehead atoms. The average Bonchev–Trinajstić information content (AvgIpc) is 3.62. The third-order valence-corrected chi connectivity index (χ3v) is 8.21. The number of nitrogens with two attached hydrogens (primary N) is 1. The minimum Gasteiger partial charge on any atom is -0.469 e. The Morgan fingerprint density at radius 1 is 0.959 bits per heavy atom. The lowest BCUT2D eigenvalue weighted by Crippen LogP contribution is -2.52. The van der Waals surface area contributed by atoms with Crippen molar-refractivity contribution in [2.75, 3.05) is 45.9 Å². The van der Waals surface area contributed by atoms with E-state index in [1.165, 1.54) is 11.2 Å². The fourth-order valence-corrected chi connectivity index (χ4v) is 5.62. The number of fused-ring (bicyclic) bond motifs is 3. The van der Waals surface area contributed by atoms with Gasteiger partial charge in [0, 0.05) is 57.8 Å². The molecule has 49 heavy (non-hydrogen) atoms. The van der Waals surface area contributed by atoms with Crippen LogP contribution in [-0.2, 0) is 52.9 Å². The quantitative estimate of drug-likeness (QED) is 0.190. The molecule has 2 aromatic rings. The van der Waals surface area contributed by atoms with Gasteiger partial charge in [0.1, 0.15) is 17.8 Å². The normalized spacial score (nSPS) is 22.3. The Morgan fingerprint density at radius 3 is 2.55 bits per heavy atom. The summed E-state index contributed by atoms with van der Waals surface area (Å²) in [5.74, 6) is -2.75. The van der Waals surface area contributed by atoms with Crippen LogP contribution in [-0.4, -0.2) is 98.4 Å². The largest absolute Gasteiger partial charge is 0.469 e. The molecule has 1 fully saturated rings. The van der Waals surface area contributed by atoms with Crippen LogP contribution in [0.1, 0.15) is 36.1 Å². The number of carbonyl (C=O) groups is 6. The number of ether oxygens (including phenoxy) is 1. The summed E-state index contributed by atoms with van der Waals surface area (Å²) in [6.45, 7) is 1.78. The summed E-state index contributed by atoms with van der Waals surface area (Å²) in [4.78, 5) is 80.2. The molecule has 0 unspecified atom stereocenters. The number of amides is 6. The molecule has 1 aromatic heterocycles. The van der Waals surface area contributed by atoms with Gasteiger partial charge in [-0.3, -0.25) is 28.8 Å². The number of hydrogen-bond donors (Lipinski definition) is 6. The van der Waals surface area contributed by atoms with Gasteiger partial charge in [-0.1, -0.05) is 24.3 Å². The highest BCUT2D eigenvalue weighted by molar-refractivity contribution is 5.97. The number of benzene rings is 1. The number of carbonyl (C=O) groups excluding carboxylic acids is 6. The van der Waals surface area contributed by atoms with E-state index < -0.39 is 47.5 Å². The van der Waals surface area contributed by atoms with Gasteiger partial charge in [0.2, 0.25) is 35.4 Å². The van der Waals surface area contributed by atoms with Gasteiger partial charge < -0.3 is 46.4 Å². The molecule has 7 N–H and O–H groups in total. The van der Waals surface area contributed by atoms with Crippen LogP contribution in [0.4, 0.5) is 0 Å². The summed E-state index contributed by atoms with van der Waals surface area (Å²) >= 11 is 0. The van der Waals surface area contributed by atoms with Crippen molar-refractivity contribution in [1.82, 2.24) is 31.5 Å². The average molecular weight is 680 g/mol. The molecule has 264 valence electrons. The highest BCUT2D eigenvalue weighted by atomic mass is 16.5. The molecule has 15 heteroatoms. The number of piperidine rings is 1. The fraction of sp³-hybridized carbons (Fsp3) is 0.471. The van der Waals surface area contributed by atoms with Crippen LogP contribution < -0.4 is 32.3 Å². The van der Waals surface area contributed by atoms with Crippen LogP contribution >= 0.6 is 0 Å². The number of rotatable bonds is 8. The zero-order valence-corrected chi connectivity index (χ0v) is 27.4. The van der Waals surface area contributed by atoms with E-state index in [0.29, 0.717) is 49.4 Å². The third-order valence-electron chi connectivity index (χ3n) is 8.21. The number of hydrogen-bond acceptors (Lipinski definition) is 9. The second-order valence-electron chi connectivity index (χ2n) is 11.9. The summed E-state index contributed by atoms with van der Waals surface area (Å²) < 4.78 is 10.8. The lowest BCUT2D eigenvalue weighted by molar-refractivity contribution is -0.135. The Kier molecular flexibility index (Phi) is 14.3. The van der Waals surface area contributed by atoms with Gasteiger partial charge in [-0.05, 0) is 42.5 Å². The van der Waals surface area contributed by atoms with Crippen LogP contribution in [0.3, 0.4) is 0 Å². The maximum Gasteiger partial charge on any atom is 0.246 e. The first-order valence-electron chi connectivity index (χ1n) is 16.5. The molecule has 3 heterocycles. The van der Waals surface area contributed by atoms with Crippen LogP contribution in [0.15, 0.2) is 59.2 Å². The van der Waals surface area contributed by atoms with E-state index in [0.717, 1.165) is 12.2 Å². The summed E-state index contributed by atoms with van der Waals surface area (Å²) in [7, 11) is 0. The molecule has 2 aliphatic heterocycles. The monoisotopic (exact) mass is 679 g/mol. The number of nitrogens with one attached hydrogen (secondary N) is 5. The van der Waals surface area contributed by atoms with Crippen molar-refractivity contribution < 1.29 is 37.9 Å². The van der Waals surface area contributed by atoms with Gasteiger partial charge in [-0.15, -0.1) is 0 Å². The topological polar surface area (TPSA) is 214 Å². The summed E-state index contributed by atoms with van der Waals surface area (Å²) in [5, 5.41) is 13.9. The molecule has 1 aromatic carbocycles. The first kappa shape index (κ1) is 36.8. The van der Waals surface area contributed by atoms with Gasteiger partial charge in [0.05, 0.1) is 31.8 Å². The minimum absolute atomic E-state index is 0.0349. The highest BCUT2D eigenvalue weighted by Crippen LogP contribution is 2.18. The maximum absolute atomic E-state index is 13.5. The van der Waals surface area contributed by atoms with E-state index >= 15 is 0 Å². The van der Waals surface area contributed by atoms with E-state index in [-0.39, 0.29) is 58.0 Å². The van der Waals surface area contributed by atoms with E-state index in [1.54, 1.807) is 36.4 Å². The molecule has 0 saturated carbocycles. The SMILES string of the molecule is NCCOCCNC(=O)[C@@H]1CCNC(=O)/C=C/C(=O)N2CCC[C@@H](C2)C(=O)N[C@@H](Cc2ccco2)C(=O)NCc2ccccc2CC(=O)N1. The number of nitrogens with zero attached hydrogens (tertiary/aromatic N) is 1. The molecule has 6 amide bonds. The van der Waals surface area contributed by atoms with Crippen molar-refractivity contribution in [3.8, 4) is 0 Å². The van der Waals surface area contributed by atoms with Crippen LogP contribution in [0, 0.1) is 5.92 Å². The summed E-state index contributed by atoms with van der Waals surface area (Å²) in [6, 6.07) is 8.54. The Hall–Kier alpha value is -5.02. The predicted molar refractivity (Wildman–Crippen MR) is 177 cm³/mol. The van der Waals surface area contributed by atoms with E-state index in [4.69, 9.17) is 14.9 Å². The molecule has 1 saturated heterocycles. The van der Waals surface area contributed by atoms with Gasteiger partial charge in [-0.25, -0.2) is 0 Å². The summed E-state index contributed by atoms with van der Waals surface area (Å²) in [5.41, 5.74) is 6.74. The molecule has 4 rings (SSSR count). The van der Waals surface area contributed by atoms with E-state index in [9.17, 15) is 28.8 Å². The van der Waals surface area contributed by atoms with Crippen LogP contribution in [0.2, 0.25) is 0 Å². The molecule has 0 radical (unpaired) electrons. The first-order valence-corrected chi connectivity index (χ1v) is 16.5. The molecule has 3 atom stereocenters. The lowest BCUT2D eigenvalue weighted by Gasteiger charge is -2.32. The van der Waals surface area contributed by atoms with E-state index in [1.807, 2.05) is 0 Å². The third kappa shape index (κ3) is 11.9. The van der Waals surface area contributed by atoms with Gasteiger partial charge >= 0.3 is 0 Å². The number of furan rings is 1. The van der Waals surface area contributed by atoms with Crippen LogP contribution in [0.25, 0.3) is 0 Å². The zero-order valence-electron chi connectivity index (χ0n) is 27.4. The Balaban J connectivity index is 1.54. The predicted octanol–water partition coefficient (Wildman–Crippen LogP) is -0.943. The van der Waals surface area contributed by atoms with Crippen molar-refractivity contribution in [3.05, 3.63) is 71.7 Å². The van der Waals surface area contributed by atoms with Crippen LogP contribution in [0.5, 0.6) is 0 Å². The second-order valence-corrected chi connectivity index (χ2v) is 11.9. The molecule has 0 aliphatic carbocycles. The molecule has 0 spiro atoms. The smallest absolute Gasteiger partial charge is 0.246 e. The molecular weight excluding hydrogens is 634 g/mol. The first-order chi connectivity index (χ1) is 23.7. The summed E-state index contributed by atoms with van der Waals surface area (Å²) in [6.07, 6.45) is 4.91. The van der Waals surface area contributed by atoms with Crippen molar-refractivity contribution in [2.45, 2.75) is 50.7 Å². The standard InChI is InChI=1S/C34H45N7O8/c35-12-17-48-18-14-37-33(46)27-11-13-36-29(42)9-10-31(44)41-15-3-7-25(22-41)32(45)40-28(20-26-8-4-16-49-26)34(47)38-21-24-6-2-1-5-23(24)19-30(43)39-27/h1-2,4-6,8-10,16,25,27-28H,3,7,11-15,17-22,35H2,(H,36,42)(H,37,46)(H,38,47)(H,39,43)(H,40,45)/b10-9+/t25-,27-,28-/m0/s1. The van der Waals surface area contributed by atoms with Crippen molar-refractivity contribution in [1.29, 1.82) is 0 Å². The lowest BCUT2D eigenvalue weighted by atomic mass is 9.96. The fourth-order valence-electron chi connectivity index (χ4n) is 5.62. The molecule has 15 nitrogen and oxygen atoms in total. The second kappa shape index (κ2) is 19.1. The van der Waals surface area contributed by atoms with Crippen molar-refractivity contribution >= 4 is 35.4 Å². The Labute approximate surface area is 284 Å². The Morgan fingerprint density at radius 2 is 1.78 bits per heavy atom. The molecule has 2 aliphatic rings. The van der Waals surface area contributed by atoms with Gasteiger partial charge in [-0.2, -0.15) is 0 Å².